The third kappa shape index (κ3) is 0.676. The van der Waals surface area contributed by atoms with Gasteiger partial charge in [-0.15, -0.1) is 0 Å². The molecule has 24 valence electrons. The van der Waals surface area contributed by atoms with Crippen molar-refractivity contribution < 1.29 is 3.63 Å². The van der Waals surface area contributed by atoms with Crippen LogP contribution in [0.15, 0.2) is 0 Å². The summed E-state index contributed by atoms with van der Waals surface area (Å²) in [6.45, 7) is 0. The molecule has 1 fully saturated rings. The van der Waals surface area contributed by atoms with Gasteiger partial charge in [-0.25, -0.2) is 3.63 Å². The second kappa shape index (κ2) is 0.931. The predicted octanol–water partition coefficient (Wildman–Crippen LogP) is 0.575. The third-order valence-electron chi connectivity index (χ3n) is 0.124. The van der Waals surface area contributed by atoms with Crippen LogP contribution in [0.4, 0.5) is 0 Å². The molecule has 0 N–H and O–H groups in total. The van der Waals surface area contributed by atoms with Crippen LogP contribution in [0.25, 0.3) is 0 Å². The van der Waals surface area contributed by atoms with Crippen LogP contribution in [0.5, 0.6) is 0 Å². The maximum absolute atomic E-state index is 4.50. The van der Waals surface area contributed by atoms with E-state index in [1.165, 1.54) is 11.1 Å². The lowest BCUT2D eigenvalue weighted by atomic mass is 15.9. The highest BCUT2D eigenvalue weighted by Gasteiger charge is 2.10. The van der Waals surface area contributed by atoms with Crippen LogP contribution in [0, 0.1) is 0 Å². The summed E-state index contributed by atoms with van der Waals surface area (Å²) in [5, 5.41) is 0. The Labute approximate surface area is 35.1 Å². The van der Waals surface area contributed by atoms with E-state index in [4.69, 9.17) is 0 Å². The van der Waals surface area contributed by atoms with Crippen LogP contribution in [0.3, 0.4) is 0 Å². The van der Waals surface area contributed by atoms with Gasteiger partial charge in [0.25, 0.3) is 0 Å². The lowest BCUT2D eigenvalue weighted by Gasteiger charge is -1.25. The Balaban J connectivity index is 2.60. The van der Waals surface area contributed by atoms with Crippen LogP contribution >= 0.6 is 11.1 Å². The van der Waals surface area contributed by atoms with Crippen molar-refractivity contribution in [2.24, 2.45) is 0 Å². The fraction of sp³-hybridized carbons (Fsp3) is 0. The Morgan fingerprint density at radius 3 is 2.25 bits per heavy atom. The standard InChI is InChI=1S/OS3/c2-4-1-3-4. The van der Waals surface area contributed by atoms with E-state index in [2.05, 4.69) is 14.8 Å². The smallest absolute Gasteiger partial charge is 0.112 e. The van der Waals surface area contributed by atoms with Crippen LogP contribution in [0.2, 0.25) is 0 Å². The topological polar surface area (TPSA) is 12.5 Å². The summed E-state index contributed by atoms with van der Waals surface area (Å²) in [5.74, 6) is 0. The first-order valence-electron chi connectivity index (χ1n) is 0.667. The summed E-state index contributed by atoms with van der Waals surface area (Å²) >= 11 is 5.87. The van der Waals surface area contributed by atoms with Gasteiger partial charge in [-0.1, -0.05) is 0 Å². The first-order valence-corrected chi connectivity index (χ1v) is 4.00. The van der Waals surface area contributed by atoms with Gasteiger partial charge in [0.05, 0.1) is 0 Å². The Kier molecular flexibility index (Phi) is 0.718. The molecule has 0 radical (unpaired) electrons. The zero-order valence-electron chi connectivity index (χ0n) is 1.63. The molecule has 0 bridgehead atoms. The molecule has 1 atom stereocenters. The first kappa shape index (κ1) is 3.08. The summed E-state index contributed by atoms with van der Waals surface area (Å²) in [7, 11) is -0.111. The van der Waals surface area contributed by atoms with Crippen molar-refractivity contribution in [3.05, 3.63) is 0 Å². The molecule has 1 aliphatic rings. The van der Waals surface area contributed by atoms with Gasteiger partial charge >= 0.3 is 0 Å². The van der Waals surface area contributed by atoms with Crippen molar-refractivity contribution in [1.29, 1.82) is 0 Å². The van der Waals surface area contributed by atoms with Crippen molar-refractivity contribution in [1.82, 2.24) is 0 Å². The largest absolute Gasteiger partial charge is 0.217 e. The zero-order chi connectivity index (χ0) is 2.99. The van der Waals surface area contributed by atoms with E-state index < -0.39 is 0 Å². The van der Waals surface area contributed by atoms with Crippen molar-refractivity contribution in [2.45, 2.75) is 0 Å². The minimum Gasteiger partial charge on any atom is -0.217 e. The average Bonchev–Trinajstić information content (AvgIpc) is 1.75. The zero-order valence-corrected chi connectivity index (χ0v) is 4.08. The lowest BCUT2D eigenvalue weighted by Crippen LogP contribution is -1.26. The van der Waals surface area contributed by atoms with Gasteiger partial charge in [-0.3, -0.25) is 0 Å². The second-order valence-electron chi connectivity index (χ2n) is 0.340. The monoisotopic (exact) mass is 112 g/mol. The fourth-order valence-electron chi connectivity index (χ4n) is 0.0113. The minimum atomic E-state index is -0.111. The van der Waals surface area contributed by atoms with Gasteiger partial charge in [0, 0.05) is 0 Å². The second-order valence-corrected chi connectivity index (χ2v) is 4.29. The molecule has 1 rings (SSSR count). The van der Waals surface area contributed by atoms with Gasteiger partial charge < -0.3 is 0 Å². The highest BCUT2D eigenvalue weighted by Crippen LogP contribution is 2.29. The first-order chi connectivity index (χ1) is 1.89. The number of hydrogen-bond acceptors (Lipinski definition) is 3. The quantitative estimate of drug-likeness (QED) is 0.258. The van der Waals surface area contributed by atoms with Crippen LogP contribution in [0.1, 0.15) is 0 Å². The molecule has 0 aromatic heterocycles. The molecule has 0 amide bonds. The highest BCUT2D eigenvalue weighted by molar-refractivity contribution is 8.90. The van der Waals surface area contributed by atoms with E-state index in [1.54, 1.807) is 0 Å². The van der Waals surface area contributed by atoms with Gasteiger partial charge in [0.1, 0.15) is 19.8 Å². The molecular weight excluding hydrogens is 112 g/mol. The summed E-state index contributed by atoms with van der Waals surface area (Å²) in [4.78, 5) is 0. The minimum absolute atomic E-state index is 0.111. The average molecular weight is 112 g/mol. The van der Waals surface area contributed by atoms with Gasteiger partial charge in [-0.2, -0.15) is 0 Å². The normalized spacial score (nSPS) is 39.5. The summed E-state index contributed by atoms with van der Waals surface area (Å²) in [6.07, 6.45) is 0. The number of hydrogen-bond donors (Lipinski definition) is 0. The molecule has 0 spiro atoms. The SMILES string of the molecule is S=S1OS1. The van der Waals surface area contributed by atoms with Crippen molar-refractivity contribution >= 4 is 31.0 Å². The fourth-order valence-corrected chi connectivity index (χ4v) is 0.919. The molecule has 0 aliphatic carbocycles. The van der Waals surface area contributed by atoms with Crippen molar-refractivity contribution in [3.63, 3.8) is 0 Å². The van der Waals surface area contributed by atoms with E-state index in [0.717, 1.165) is 0 Å². The Hall–Kier alpha value is 0.880. The number of rotatable bonds is 0. The molecule has 0 aromatic carbocycles. The molecule has 4 heteroatoms. The molecule has 0 saturated carbocycles. The summed E-state index contributed by atoms with van der Waals surface area (Å²) in [6, 6.07) is 0. The highest BCUT2D eigenvalue weighted by atomic mass is 33.4. The Morgan fingerprint density at radius 1 is 2.00 bits per heavy atom. The van der Waals surface area contributed by atoms with E-state index >= 15 is 0 Å². The summed E-state index contributed by atoms with van der Waals surface area (Å²) in [5.41, 5.74) is 0. The van der Waals surface area contributed by atoms with Gasteiger partial charge in [-0.05, 0) is 11.2 Å². The van der Waals surface area contributed by atoms with Crippen molar-refractivity contribution in [2.75, 3.05) is 0 Å². The molecular formula is OS3. The maximum atomic E-state index is 4.50. The molecule has 4 heavy (non-hydrogen) atoms. The third-order valence-corrected chi connectivity index (χ3v) is 2.11. The van der Waals surface area contributed by atoms with E-state index in [-0.39, 0.29) is 8.77 Å². The molecule has 1 heterocycles. The lowest BCUT2D eigenvalue weighted by molar-refractivity contribution is 0.822. The Morgan fingerprint density at radius 2 is 2.25 bits per heavy atom. The van der Waals surface area contributed by atoms with Gasteiger partial charge in [0.2, 0.25) is 0 Å². The molecule has 1 aliphatic heterocycles. The summed E-state index contributed by atoms with van der Waals surface area (Å²) < 4.78 is 4.47. The molecule has 0 aromatic rings. The van der Waals surface area contributed by atoms with E-state index in [9.17, 15) is 0 Å². The van der Waals surface area contributed by atoms with Crippen molar-refractivity contribution in [3.8, 4) is 0 Å². The maximum Gasteiger partial charge on any atom is 0.112 e. The Bertz CT molecular complexity index is 41.2. The van der Waals surface area contributed by atoms with E-state index in [0.29, 0.717) is 0 Å². The van der Waals surface area contributed by atoms with E-state index in [1.807, 2.05) is 0 Å². The molecule has 1 nitrogen and oxygen atoms in total. The molecule has 1 saturated heterocycles. The van der Waals surface area contributed by atoms with Gasteiger partial charge in [0.15, 0.2) is 0 Å². The van der Waals surface area contributed by atoms with Crippen LogP contribution in [-0.4, -0.2) is 0 Å². The predicted molar refractivity (Wildman–Crippen MR) is 23.4 cm³/mol. The molecule has 1 unspecified atom stereocenters. The van der Waals surface area contributed by atoms with Crippen LogP contribution in [-0.2, 0) is 23.6 Å². The van der Waals surface area contributed by atoms with Crippen LogP contribution < -0.4 is 0 Å².